The van der Waals surface area contributed by atoms with Crippen molar-refractivity contribution in [3.8, 4) is 11.5 Å². The number of methoxy groups -OCH3 is 2. The summed E-state index contributed by atoms with van der Waals surface area (Å²) in [5.41, 5.74) is 3.24. The second kappa shape index (κ2) is 8.17. The summed E-state index contributed by atoms with van der Waals surface area (Å²) in [7, 11) is 3.16. The van der Waals surface area contributed by atoms with E-state index in [-0.39, 0.29) is 17.3 Å². The number of ketones is 1. The summed E-state index contributed by atoms with van der Waals surface area (Å²) >= 11 is 0. The van der Waals surface area contributed by atoms with Crippen LogP contribution in [-0.4, -0.2) is 32.1 Å². The number of carbonyl (C=O) groups is 2. The minimum Gasteiger partial charge on any atom is -0.497 e. The monoisotopic (exact) mass is 413 g/mol. The van der Waals surface area contributed by atoms with Crippen molar-refractivity contribution >= 4 is 11.8 Å². The second-order valence-electron chi connectivity index (χ2n) is 8.99. The summed E-state index contributed by atoms with van der Waals surface area (Å²) in [6.45, 7) is 9.65. The number of allylic oxidation sites excluding steroid dienone is 3. The van der Waals surface area contributed by atoms with Gasteiger partial charge in [0, 0.05) is 35.0 Å². The minimum absolute atomic E-state index is 0.0407. The first-order valence-corrected chi connectivity index (χ1v) is 10.2. The molecule has 0 aromatic heterocycles. The lowest BCUT2D eigenvalue weighted by molar-refractivity contribution is -0.143. The zero-order chi connectivity index (χ0) is 22.2. The first kappa shape index (κ1) is 21.9. The molecule has 1 heterocycles. The molecule has 0 spiro atoms. The number of rotatable bonds is 5. The Labute approximate surface area is 178 Å². The Morgan fingerprint density at radius 2 is 1.87 bits per heavy atom. The van der Waals surface area contributed by atoms with Crippen LogP contribution in [0.4, 0.5) is 0 Å². The van der Waals surface area contributed by atoms with E-state index in [0.29, 0.717) is 34.8 Å². The molecule has 1 aromatic rings. The largest absolute Gasteiger partial charge is 0.497 e. The number of hydrogen-bond donors (Lipinski definition) is 1. The van der Waals surface area contributed by atoms with E-state index >= 15 is 0 Å². The highest BCUT2D eigenvalue weighted by atomic mass is 16.5. The zero-order valence-electron chi connectivity index (χ0n) is 18.8. The number of hydrogen-bond acceptors (Lipinski definition) is 6. The van der Waals surface area contributed by atoms with Gasteiger partial charge in [0.2, 0.25) is 0 Å². The summed E-state index contributed by atoms with van der Waals surface area (Å²) in [6, 6.07) is 5.45. The van der Waals surface area contributed by atoms with E-state index in [9.17, 15) is 9.59 Å². The Morgan fingerprint density at radius 1 is 1.17 bits per heavy atom. The molecular formula is C24H31NO5. The van der Waals surface area contributed by atoms with Gasteiger partial charge in [0.25, 0.3) is 0 Å². The Kier molecular flexibility index (Phi) is 5.97. The summed E-state index contributed by atoms with van der Waals surface area (Å²) in [5, 5.41) is 3.34. The Balaban J connectivity index is 2.23. The molecule has 162 valence electrons. The molecule has 1 aromatic carbocycles. The quantitative estimate of drug-likeness (QED) is 0.727. The third-order valence-corrected chi connectivity index (χ3v) is 5.55. The third kappa shape index (κ3) is 4.09. The van der Waals surface area contributed by atoms with Crippen molar-refractivity contribution < 1.29 is 23.8 Å². The molecule has 1 aliphatic heterocycles. The highest BCUT2D eigenvalue weighted by molar-refractivity contribution is 6.04. The molecule has 3 rings (SSSR count). The van der Waals surface area contributed by atoms with Gasteiger partial charge in [-0.2, -0.15) is 0 Å². The van der Waals surface area contributed by atoms with Gasteiger partial charge in [-0.25, -0.2) is 4.79 Å². The normalized spacial score (nSPS) is 20.7. The number of benzene rings is 1. The lowest BCUT2D eigenvalue weighted by atomic mass is 9.68. The van der Waals surface area contributed by atoms with Crippen molar-refractivity contribution in [1.29, 1.82) is 0 Å². The topological polar surface area (TPSA) is 73.9 Å². The van der Waals surface area contributed by atoms with Crippen LogP contribution in [0.25, 0.3) is 0 Å². The summed E-state index contributed by atoms with van der Waals surface area (Å²) in [4.78, 5) is 26.4. The summed E-state index contributed by atoms with van der Waals surface area (Å²) in [5.74, 6) is 0.258. The standard InChI is InChI=1S/C24H31NO5/c1-13(2)30-23(27)20-14(3)25-17-11-24(4,5)12-18(26)22(17)21(20)16-9-8-15(28-6)10-19(16)29-7/h8-10,13,21,25H,11-12H2,1-7H3/t21-/m0/s1. The molecule has 0 saturated heterocycles. The van der Waals surface area contributed by atoms with Gasteiger partial charge < -0.3 is 19.5 Å². The second-order valence-corrected chi connectivity index (χ2v) is 8.99. The van der Waals surface area contributed by atoms with Gasteiger partial charge in [-0.15, -0.1) is 0 Å². The van der Waals surface area contributed by atoms with Crippen LogP contribution >= 0.6 is 0 Å². The molecule has 0 saturated carbocycles. The van der Waals surface area contributed by atoms with Gasteiger partial charge >= 0.3 is 5.97 Å². The van der Waals surface area contributed by atoms with E-state index < -0.39 is 11.9 Å². The Bertz CT molecular complexity index is 939. The number of Topliss-reactive ketones (excluding diaryl/α,β-unsaturated/α-hetero) is 1. The number of carbonyl (C=O) groups excluding carboxylic acids is 2. The maximum absolute atomic E-state index is 13.3. The predicted molar refractivity (Wildman–Crippen MR) is 114 cm³/mol. The third-order valence-electron chi connectivity index (χ3n) is 5.55. The van der Waals surface area contributed by atoms with Crippen LogP contribution in [0.2, 0.25) is 0 Å². The van der Waals surface area contributed by atoms with E-state index in [1.54, 1.807) is 20.3 Å². The van der Waals surface area contributed by atoms with Crippen molar-refractivity contribution in [3.05, 3.63) is 46.3 Å². The van der Waals surface area contributed by atoms with Gasteiger partial charge in [-0.1, -0.05) is 19.9 Å². The number of ether oxygens (including phenoxy) is 3. The molecule has 6 nitrogen and oxygen atoms in total. The Hall–Kier alpha value is -2.76. The van der Waals surface area contributed by atoms with Crippen molar-refractivity contribution in [2.45, 2.75) is 59.5 Å². The van der Waals surface area contributed by atoms with Gasteiger partial charge in [0.15, 0.2) is 5.78 Å². The highest BCUT2D eigenvalue weighted by Crippen LogP contribution is 2.49. The lowest BCUT2D eigenvalue weighted by Gasteiger charge is -2.39. The van der Waals surface area contributed by atoms with Crippen LogP contribution in [-0.2, 0) is 14.3 Å². The first-order valence-electron chi connectivity index (χ1n) is 10.2. The predicted octanol–water partition coefficient (Wildman–Crippen LogP) is 4.26. The average molecular weight is 414 g/mol. The van der Waals surface area contributed by atoms with Crippen molar-refractivity contribution in [2.75, 3.05) is 14.2 Å². The van der Waals surface area contributed by atoms with Crippen LogP contribution in [0.1, 0.15) is 58.9 Å². The number of dihydropyridines is 1. The SMILES string of the molecule is COc1ccc([C@H]2C(C(=O)OC(C)C)=C(C)NC3=C2C(=O)CC(C)(C)C3)c(OC)c1. The fourth-order valence-electron chi connectivity index (χ4n) is 4.35. The van der Waals surface area contributed by atoms with E-state index in [2.05, 4.69) is 19.2 Å². The van der Waals surface area contributed by atoms with Crippen LogP contribution in [0.3, 0.4) is 0 Å². The molecule has 1 aliphatic carbocycles. The van der Waals surface area contributed by atoms with Crippen molar-refractivity contribution in [2.24, 2.45) is 5.41 Å². The van der Waals surface area contributed by atoms with E-state index in [4.69, 9.17) is 14.2 Å². The van der Waals surface area contributed by atoms with Crippen LogP contribution < -0.4 is 14.8 Å². The molecule has 6 heteroatoms. The molecular weight excluding hydrogens is 382 g/mol. The van der Waals surface area contributed by atoms with E-state index in [1.807, 2.05) is 32.9 Å². The molecule has 1 N–H and O–H groups in total. The molecule has 30 heavy (non-hydrogen) atoms. The lowest BCUT2D eigenvalue weighted by Crippen LogP contribution is -2.39. The first-order chi connectivity index (χ1) is 14.1. The molecule has 0 amide bonds. The molecule has 0 bridgehead atoms. The molecule has 0 unspecified atom stereocenters. The average Bonchev–Trinajstić information content (AvgIpc) is 2.64. The molecule has 0 fully saturated rings. The fourth-order valence-corrected chi connectivity index (χ4v) is 4.35. The smallest absolute Gasteiger partial charge is 0.337 e. The molecule has 1 atom stereocenters. The number of esters is 1. The molecule has 0 radical (unpaired) electrons. The van der Waals surface area contributed by atoms with Crippen molar-refractivity contribution in [3.63, 3.8) is 0 Å². The maximum atomic E-state index is 13.3. The highest BCUT2D eigenvalue weighted by Gasteiger charge is 2.44. The van der Waals surface area contributed by atoms with Gasteiger partial charge in [0.1, 0.15) is 11.5 Å². The minimum atomic E-state index is -0.558. The zero-order valence-corrected chi connectivity index (χ0v) is 18.8. The molecule has 2 aliphatic rings. The summed E-state index contributed by atoms with van der Waals surface area (Å²) in [6.07, 6.45) is 0.883. The van der Waals surface area contributed by atoms with E-state index in [1.165, 1.54) is 0 Å². The van der Waals surface area contributed by atoms with Gasteiger partial charge in [0.05, 0.1) is 31.8 Å². The maximum Gasteiger partial charge on any atom is 0.337 e. The fraction of sp³-hybridized carbons (Fsp3) is 0.500. The van der Waals surface area contributed by atoms with E-state index in [0.717, 1.165) is 17.7 Å². The van der Waals surface area contributed by atoms with Crippen LogP contribution in [0, 0.1) is 5.41 Å². The van der Waals surface area contributed by atoms with Crippen molar-refractivity contribution in [1.82, 2.24) is 5.32 Å². The van der Waals surface area contributed by atoms with Crippen LogP contribution in [0.15, 0.2) is 40.7 Å². The number of nitrogens with one attached hydrogen (secondary N) is 1. The Morgan fingerprint density at radius 3 is 2.47 bits per heavy atom. The summed E-state index contributed by atoms with van der Waals surface area (Å²) < 4.78 is 16.5. The van der Waals surface area contributed by atoms with Crippen LogP contribution in [0.5, 0.6) is 11.5 Å². The van der Waals surface area contributed by atoms with Gasteiger partial charge in [-0.3, -0.25) is 4.79 Å². The van der Waals surface area contributed by atoms with Gasteiger partial charge in [-0.05, 0) is 38.7 Å².